The third kappa shape index (κ3) is 334. The van der Waals surface area contributed by atoms with E-state index in [4.69, 9.17) is 4.74 Å². The van der Waals surface area contributed by atoms with Crippen molar-refractivity contribution in [3.8, 4) is 0 Å². The number of hydrogen-bond donors (Lipinski definition) is 7. The highest BCUT2D eigenvalue weighted by atomic mass is 32.2. The summed E-state index contributed by atoms with van der Waals surface area (Å²) in [7, 11) is 0. The van der Waals surface area contributed by atoms with Gasteiger partial charge in [0.15, 0.2) is 13.1 Å². The first-order valence-corrected chi connectivity index (χ1v) is 46.7. The molecule has 0 spiro atoms. The molecule has 0 bridgehead atoms. The number of oxime groups is 1. The Hall–Kier alpha value is -4.89. The van der Waals surface area contributed by atoms with E-state index in [1.807, 2.05) is 375 Å². The van der Waals surface area contributed by atoms with Gasteiger partial charge in [0.25, 0.3) is 0 Å². The molecule has 0 radical (unpaired) electrons. The number of nitrogens with one attached hydrogen (secondary N) is 7. The fraction of sp³-hybridized carbons (Fsp3) is 0.828. The fourth-order valence-corrected chi connectivity index (χ4v) is 5.19. The van der Waals surface area contributed by atoms with Crippen LogP contribution in [0.2, 0.25) is 0 Å². The fourth-order valence-electron chi connectivity index (χ4n) is 3.98. The van der Waals surface area contributed by atoms with E-state index < -0.39 is 0 Å². The molecule has 11 heterocycles. The van der Waals surface area contributed by atoms with E-state index >= 15 is 0 Å². The number of nitrogens with zero attached hydrogens (tertiary/aromatic N) is 9. The minimum Gasteiger partial charge on any atom is -0.501 e. The Labute approximate surface area is 696 Å². The molecule has 19 nitrogen and oxygen atoms in total. The van der Waals surface area contributed by atoms with E-state index in [2.05, 4.69) is 122 Å². The van der Waals surface area contributed by atoms with Gasteiger partial charge in [0, 0.05) is 75.6 Å². The number of hydrogen-bond acceptors (Lipinski definition) is 21. The molecule has 108 heavy (non-hydrogen) atoms. The molecule has 12 rings (SSSR count). The maximum Gasteiger partial charge on any atom is 0.194 e. The normalized spacial score (nSPS) is 12.2. The van der Waals surface area contributed by atoms with E-state index in [1.165, 1.54) is 69.3 Å². The Kier molecular flexibility index (Phi) is 547. The van der Waals surface area contributed by atoms with Crippen LogP contribution in [0.25, 0.3) is 0 Å². The van der Waals surface area contributed by atoms with Crippen molar-refractivity contribution < 1.29 is 14.3 Å². The topological polar surface area (TPSA) is 223 Å². The first-order valence-electron chi connectivity index (χ1n) is 44.7. The predicted molar refractivity (Wildman–Crippen MR) is 528 cm³/mol. The van der Waals surface area contributed by atoms with Gasteiger partial charge in [-0.05, 0) is 87.2 Å². The molecule has 7 N–H and O–H groups in total. The zero-order valence-corrected chi connectivity index (χ0v) is 84.8. The summed E-state index contributed by atoms with van der Waals surface area (Å²) in [4.78, 5) is 16.1. The maximum atomic E-state index is 4.76. The maximum absolute atomic E-state index is 4.76. The van der Waals surface area contributed by atoms with Crippen LogP contribution >= 0.6 is 23.7 Å². The molecule has 12 aliphatic rings. The lowest BCUT2D eigenvalue weighted by Crippen LogP contribution is -2.22. The van der Waals surface area contributed by atoms with Gasteiger partial charge >= 0.3 is 0 Å². The number of aliphatic imine (C=N–C) groups is 3. The predicted octanol–water partition coefficient (Wildman–Crippen LogP) is 29.9. The van der Waals surface area contributed by atoms with Crippen LogP contribution in [0.1, 0.15) is 403 Å². The Balaban J connectivity index is -0.0000000309. The van der Waals surface area contributed by atoms with Crippen LogP contribution in [0.4, 0.5) is 0 Å². The summed E-state index contributed by atoms with van der Waals surface area (Å²) in [6.07, 6.45) is 40.2. The largest absolute Gasteiger partial charge is 0.501 e. The van der Waals surface area contributed by atoms with Crippen molar-refractivity contribution in [2.45, 2.75) is 403 Å². The molecule has 1 aliphatic carbocycles. The minimum atomic E-state index is 0.528. The first-order chi connectivity index (χ1) is 54.0. The number of hydrazine groups is 1. The van der Waals surface area contributed by atoms with Gasteiger partial charge in [0.2, 0.25) is 0 Å². The highest BCUT2D eigenvalue weighted by Gasteiger charge is 1.90. The van der Waals surface area contributed by atoms with Crippen LogP contribution in [-0.4, -0.2) is 128 Å². The van der Waals surface area contributed by atoms with Gasteiger partial charge in [-0.1, -0.05) is 367 Å². The third-order valence-corrected chi connectivity index (χ3v) is 8.48. The summed E-state index contributed by atoms with van der Waals surface area (Å²) in [5.74, 6) is 2.50. The van der Waals surface area contributed by atoms with Crippen molar-refractivity contribution in [3.63, 3.8) is 0 Å². The van der Waals surface area contributed by atoms with E-state index in [9.17, 15) is 0 Å². The Morgan fingerprint density at radius 1 is 0.343 bits per heavy atom. The van der Waals surface area contributed by atoms with Crippen LogP contribution in [-0.2, 0) is 14.3 Å². The van der Waals surface area contributed by atoms with Gasteiger partial charge < -0.3 is 35.8 Å². The lowest BCUT2D eigenvalue weighted by Gasteiger charge is -1.80. The zero-order chi connectivity index (χ0) is 90.4. The summed E-state index contributed by atoms with van der Waals surface area (Å²) >= 11 is 3.54. The molecule has 672 valence electrons. The molecule has 0 saturated heterocycles. The third-order valence-electron chi connectivity index (χ3n) is 6.91. The number of ether oxygens (including phenoxy) is 2. The SMILES string of the molecule is C1=CCCC1.C1=CNCC1.C1=COCC1.C1=CSCC1.C1=NCCC1.C1=NCCN1.C1=NCNN1.C1=NNCC1.C1=NNCO1.C1=NOCC1.C1=NSCC1.C1CNN=N1.CC.CC.CC.CC.CC.CC.CC.CC.CC.CC.CC.CC.CC.CC.CC.CC.CC.CC.CC.CC.CC.CC.CC.CC. The monoisotopic (exact) mass is 1600 g/mol. The van der Waals surface area contributed by atoms with Crippen LogP contribution in [0.5, 0.6) is 0 Å². The second-order valence-electron chi connectivity index (χ2n) is 12.0. The first kappa shape index (κ1) is 172. The molecule has 0 fully saturated rings. The minimum absolute atomic E-state index is 0.528. The number of hydrazone groups is 2. The van der Waals surface area contributed by atoms with Crippen LogP contribution in [0, 0.1) is 0 Å². The molecule has 0 unspecified atom stereocenters. The molecule has 0 atom stereocenters. The number of allylic oxidation sites excluding steroid dienone is 3. The van der Waals surface area contributed by atoms with Crippen molar-refractivity contribution in [1.82, 2.24) is 37.8 Å². The zero-order valence-electron chi connectivity index (χ0n) is 83.2. The van der Waals surface area contributed by atoms with Gasteiger partial charge in [0.05, 0.1) is 45.2 Å². The molecule has 11 aliphatic heterocycles. The van der Waals surface area contributed by atoms with Gasteiger partial charge in [-0.15, -0.1) is 16.9 Å². The van der Waals surface area contributed by atoms with Crippen molar-refractivity contribution in [3.05, 3.63) is 48.3 Å². The molecule has 0 amide bonds. The Bertz CT molecular complexity index is 898. The smallest absolute Gasteiger partial charge is 0.194 e. The average Bonchev–Trinajstić information content (AvgIpc) is 4.69. The molecule has 0 aromatic carbocycles. The lowest BCUT2D eigenvalue weighted by molar-refractivity contribution is 0.174. The van der Waals surface area contributed by atoms with Crippen molar-refractivity contribution >= 4 is 67.6 Å². The van der Waals surface area contributed by atoms with E-state index in [0.717, 1.165) is 78.3 Å². The molecule has 0 aromatic heterocycles. The number of rotatable bonds is 0. The van der Waals surface area contributed by atoms with Gasteiger partial charge in [-0.25, -0.2) is 9.82 Å². The Morgan fingerprint density at radius 2 is 0.880 bits per heavy atom. The van der Waals surface area contributed by atoms with Crippen LogP contribution in [0.3, 0.4) is 0 Å². The van der Waals surface area contributed by atoms with Crippen molar-refractivity contribution in [2.75, 3.05) is 83.9 Å². The number of thioether (sulfide) groups is 1. The second kappa shape index (κ2) is 344. The van der Waals surface area contributed by atoms with Gasteiger partial charge in [-0.3, -0.25) is 25.8 Å². The summed E-state index contributed by atoms with van der Waals surface area (Å²) in [5, 5.41) is 25.8. The highest BCUT2D eigenvalue weighted by Crippen LogP contribution is 2.11. The summed E-state index contributed by atoms with van der Waals surface area (Å²) < 4.78 is 13.2. The summed E-state index contributed by atoms with van der Waals surface area (Å²) in [6, 6.07) is 0. The van der Waals surface area contributed by atoms with Gasteiger partial charge in [-0.2, -0.15) is 10.2 Å². The Morgan fingerprint density at radius 3 is 0.991 bits per heavy atom. The summed E-state index contributed by atoms with van der Waals surface area (Å²) in [6.45, 7) is 106. The molecule has 21 heteroatoms. The average molecular weight is 1600 g/mol. The van der Waals surface area contributed by atoms with E-state index in [1.54, 1.807) is 37.1 Å². The molecule has 0 saturated carbocycles. The van der Waals surface area contributed by atoms with E-state index in [0.29, 0.717) is 13.4 Å². The van der Waals surface area contributed by atoms with E-state index in [-0.39, 0.29) is 0 Å². The van der Waals surface area contributed by atoms with Crippen molar-refractivity contribution in [2.24, 2.45) is 45.1 Å². The lowest BCUT2D eigenvalue weighted by atomic mass is 10.4. The quantitative estimate of drug-likeness (QED) is 0.0889. The molecular weight excluding hydrogens is 1380 g/mol. The van der Waals surface area contributed by atoms with Crippen molar-refractivity contribution in [1.29, 1.82) is 0 Å². The standard InChI is InChI=1S/C5H8.2C4H7N.C4H6O.C4H6S.2C3H6N2.C3H5NO.C3H5NS.2C2H5N3.C2H4N2O.24C2H6/c5*1-2-4-5-3-1;1-2-5-3-4-1;3*1-2-4-5-3-1;1-3-2-5-4-1;1-2-4-5-3-1;1-3-4-2-5-1;24*1-2/h1-2H,3-5H2;3H,1-2,4H2;1,3,5H,2,4H2;2*1,3H,2,4H2;3H,1-2H2,(H,4,5);2,5H,1,3H2;2*2H,1,3H2;1,5H,2H2,(H,3,4);1-2H2,(H,3,4);1,4H,2H2;24*1-2H3. The highest BCUT2D eigenvalue weighted by molar-refractivity contribution is 8.02. The second-order valence-corrected chi connectivity index (χ2v) is 13.9. The molecule has 0 aromatic rings. The summed E-state index contributed by atoms with van der Waals surface area (Å²) in [5.41, 5.74) is 13.5. The van der Waals surface area contributed by atoms with Gasteiger partial charge in [0.1, 0.15) is 13.3 Å². The molecular formula is C87H214N16O3S2. The van der Waals surface area contributed by atoms with Crippen LogP contribution in [0.15, 0.2) is 93.3 Å². The van der Waals surface area contributed by atoms with Crippen LogP contribution < -0.4 is 37.8 Å².